The number of hydrogen-bond acceptors (Lipinski definition) is 3. The fourth-order valence-electron chi connectivity index (χ4n) is 2.19. The number of aliphatic hydroxyl groups excluding tert-OH is 1. The van der Waals surface area contributed by atoms with Gasteiger partial charge in [-0.15, -0.1) is 0 Å². The summed E-state index contributed by atoms with van der Waals surface area (Å²) in [7, 11) is 0. The molecule has 1 fully saturated rings. The predicted molar refractivity (Wildman–Crippen MR) is 68.0 cm³/mol. The Balaban J connectivity index is 1.97. The first-order valence-corrected chi connectivity index (χ1v) is 6.20. The SMILES string of the molecule is Cc1ccc(CN2CCOC(CO)C2)cc1C. The van der Waals surface area contributed by atoms with E-state index in [1.807, 2.05) is 0 Å². The van der Waals surface area contributed by atoms with Crippen molar-refractivity contribution in [3.63, 3.8) is 0 Å². The lowest BCUT2D eigenvalue weighted by Gasteiger charge is -2.32. The van der Waals surface area contributed by atoms with E-state index in [2.05, 4.69) is 36.9 Å². The molecule has 0 radical (unpaired) electrons. The fraction of sp³-hybridized carbons (Fsp3) is 0.571. The van der Waals surface area contributed by atoms with Crippen LogP contribution in [0.25, 0.3) is 0 Å². The zero-order valence-corrected chi connectivity index (χ0v) is 10.6. The highest BCUT2D eigenvalue weighted by molar-refractivity contribution is 5.29. The van der Waals surface area contributed by atoms with Gasteiger partial charge in [-0.3, -0.25) is 4.90 Å². The molecule has 0 aliphatic carbocycles. The molecule has 94 valence electrons. The van der Waals surface area contributed by atoms with Crippen LogP contribution < -0.4 is 0 Å². The molecule has 1 heterocycles. The van der Waals surface area contributed by atoms with Crippen molar-refractivity contribution >= 4 is 0 Å². The summed E-state index contributed by atoms with van der Waals surface area (Å²) in [4.78, 5) is 2.34. The van der Waals surface area contributed by atoms with Crippen LogP contribution in [-0.4, -0.2) is 42.4 Å². The third-order valence-electron chi connectivity index (χ3n) is 3.40. The molecule has 1 atom stereocenters. The second-order valence-corrected chi connectivity index (χ2v) is 4.83. The van der Waals surface area contributed by atoms with Gasteiger partial charge in [-0.25, -0.2) is 0 Å². The molecule has 0 amide bonds. The fourth-order valence-corrected chi connectivity index (χ4v) is 2.19. The van der Waals surface area contributed by atoms with Crippen molar-refractivity contribution in [2.75, 3.05) is 26.3 Å². The smallest absolute Gasteiger partial charge is 0.0933 e. The Morgan fingerprint density at radius 2 is 2.18 bits per heavy atom. The zero-order chi connectivity index (χ0) is 12.3. The van der Waals surface area contributed by atoms with Crippen molar-refractivity contribution < 1.29 is 9.84 Å². The molecule has 17 heavy (non-hydrogen) atoms. The van der Waals surface area contributed by atoms with Gasteiger partial charge < -0.3 is 9.84 Å². The van der Waals surface area contributed by atoms with Crippen molar-refractivity contribution in [2.45, 2.75) is 26.5 Å². The lowest BCUT2D eigenvalue weighted by atomic mass is 10.1. The van der Waals surface area contributed by atoms with Crippen LogP contribution in [0.1, 0.15) is 16.7 Å². The molecule has 1 unspecified atom stereocenters. The van der Waals surface area contributed by atoms with E-state index < -0.39 is 0 Å². The van der Waals surface area contributed by atoms with Gasteiger partial charge in [0, 0.05) is 19.6 Å². The molecule has 0 aromatic heterocycles. The molecule has 1 N–H and O–H groups in total. The molecule has 3 heteroatoms. The Bertz CT molecular complexity index is 378. The molecule has 0 spiro atoms. The van der Waals surface area contributed by atoms with E-state index in [0.717, 1.165) is 26.2 Å². The number of ether oxygens (including phenoxy) is 1. The van der Waals surface area contributed by atoms with Crippen LogP contribution in [0.15, 0.2) is 18.2 Å². The highest BCUT2D eigenvalue weighted by Crippen LogP contribution is 2.14. The third-order valence-corrected chi connectivity index (χ3v) is 3.40. The van der Waals surface area contributed by atoms with Gasteiger partial charge in [0.15, 0.2) is 0 Å². The van der Waals surface area contributed by atoms with E-state index in [1.54, 1.807) is 0 Å². The van der Waals surface area contributed by atoms with Crippen LogP contribution in [0.4, 0.5) is 0 Å². The summed E-state index contributed by atoms with van der Waals surface area (Å²) >= 11 is 0. The Morgan fingerprint density at radius 1 is 1.35 bits per heavy atom. The molecule has 1 aliphatic rings. The largest absolute Gasteiger partial charge is 0.394 e. The first kappa shape index (κ1) is 12.6. The first-order valence-electron chi connectivity index (χ1n) is 6.20. The van der Waals surface area contributed by atoms with Gasteiger partial charge in [-0.2, -0.15) is 0 Å². The summed E-state index contributed by atoms with van der Waals surface area (Å²) in [6, 6.07) is 6.61. The minimum Gasteiger partial charge on any atom is -0.394 e. The number of hydrogen-bond donors (Lipinski definition) is 1. The molecule has 0 bridgehead atoms. The highest BCUT2D eigenvalue weighted by Gasteiger charge is 2.19. The summed E-state index contributed by atoms with van der Waals surface area (Å²) in [6.07, 6.45) is -0.0182. The van der Waals surface area contributed by atoms with Crippen LogP contribution in [0.5, 0.6) is 0 Å². The van der Waals surface area contributed by atoms with Gasteiger partial charge in [0.2, 0.25) is 0 Å². The zero-order valence-electron chi connectivity index (χ0n) is 10.6. The minimum atomic E-state index is -0.0182. The van der Waals surface area contributed by atoms with Crippen molar-refractivity contribution in [3.05, 3.63) is 34.9 Å². The number of morpholine rings is 1. The minimum absolute atomic E-state index is 0.0182. The summed E-state index contributed by atoms with van der Waals surface area (Å²) in [5.74, 6) is 0. The number of benzene rings is 1. The number of nitrogens with zero attached hydrogens (tertiary/aromatic N) is 1. The van der Waals surface area contributed by atoms with Crippen molar-refractivity contribution in [2.24, 2.45) is 0 Å². The van der Waals surface area contributed by atoms with Crippen LogP contribution in [0, 0.1) is 13.8 Å². The topological polar surface area (TPSA) is 32.7 Å². The second kappa shape index (κ2) is 5.63. The molecule has 1 aromatic carbocycles. The summed E-state index contributed by atoms with van der Waals surface area (Å²) in [5.41, 5.74) is 4.02. The third kappa shape index (κ3) is 3.28. The lowest BCUT2D eigenvalue weighted by molar-refractivity contribution is -0.0551. The second-order valence-electron chi connectivity index (χ2n) is 4.83. The van der Waals surface area contributed by atoms with Gasteiger partial charge >= 0.3 is 0 Å². The molecular weight excluding hydrogens is 214 g/mol. The van der Waals surface area contributed by atoms with E-state index in [-0.39, 0.29) is 12.7 Å². The molecule has 1 saturated heterocycles. The monoisotopic (exact) mass is 235 g/mol. The maximum atomic E-state index is 9.10. The van der Waals surface area contributed by atoms with E-state index in [0.29, 0.717) is 0 Å². The molecule has 1 aliphatic heterocycles. The average molecular weight is 235 g/mol. The van der Waals surface area contributed by atoms with Crippen LogP contribution in [0.3, 0.4) is 0 Å². The van der Waals surface area contributed by atoms with Crippen molar-refractivity contribution in [3.8, 4) is 0 Å². The molecule has 1 aromatic rings. The maximum Gasteiger partial charge on any atom is 0.0933 e. The van der Waals surface area contributed by atoms with E-state index in [9.17, 15) is 0 Å². The van der Waals surface area contributed by atoms with E-state index in [1.165, 1.54) is 16.7 Å². The Kier molecular flexibility index (Phi) is 4.15. The van der Waals surface area contributed by atoms with Gasteiger partial charge in [-0.05, 0) is 30.5 Å². The summed E-state index contributed by atoms with van der Waals surface area (Å²) < 4.78 is 5.45. The quantitative estimate of drug-likeness (QED) is 0.861. The Hall–Kier alpha value is -0.900. The van der Waals surface area contributed by atoms with Gasteiger partial charge in [0.05, 0.1) is 19.3 Å². The average Bonchev–Trinajstić information content (AvgIpc) is 2.34. The summed E-state index contributed by atoms with van der Waals surface area (Å²) in [5, 5.41) is 9.10. The standard InChI is InChI=1S/C14H21NO2/c1-11-3-4-13(7-12(11)2)8-15-5-6-17-14(9-15)10-16/h3-4,7,14,16H,5-6,8-10H2,1-2H3. The van der Waals surface area contributed by atoms with Crippen LogP contribution >= 0.6 is 0 Å². The van der Waals surface area contributed by atoms with E-state index in [4.69, 9.17) is 9.84 Å². The van der Waals surface area contributed by atoms with Crippen LogP contribution in [-0.2, 0) is 11.3 Å². The van der Waals surface area contributed by atoms with Gasteiger partial charge in [0.1, 0.15) is 0 Å². The highest BCUT2D eigenvalue weighted by atomic mass is 16.5. The summed E-state index contributed by atoms with van der Waals surface area (Å²) in [6.45, 7) is 7.83. The van der Waals surface area contributed by atoms with Crippen molar-refractivity contribution in [1.29, 1.82) is 0 Å². The molecule has 0 saturated carbocycles. The van der Waals surface area contributed by atoms with Gasteiger partial charge in [-0.1, -0.05) is 18.2 Å². The number of aliphatic hydroxyl groups is 1. The van der Waals surface area contributed by atoms with Crippen molar-refractivity contribution in [1.82, 2.24) is 4.90 Å². The molecule has 2 rings (SSSR count). The first-order chi connectivity index (χ1) is 8.19. The van der Waals surface area contributed by atoms with Gasteiger partial charge in [0.25, 0.3) is 0 Å². The van der Waals surface area contributed by atoms with E-state index >= 15 is 0 Å². The number of aryl methyl sites for hydroxylation is 2. The Morgan fingerprint density at radius 3 is 2.88 bits per heavy atom. The van der Waals surface area contributed by atoms with Crippen LogP contribution in [0.2, 0.25) is 0 Å². The number of rotatable bonds is 3. The molecule has 3 nitrogen and oxygen atoms in total. The maximum absolute atomic E-state index is 9.10. The predicted octanol–water partition coefficient (Wildman–Crippen LogP) is 1.50. The molecular formula is C14H21NO2. The normalized spacial score (nSPS) is 21.7. The Labute approximate surface area is 103 Å². The lowest BCUT2D eigenvalue weighted by Crippen LogP contribution is -2.43.